The van der Waals surface area contributed by atoms with Gasteiger partial charge in [0.15, 0.2) is 5.43 Å². The van der Waals surface area contributed by atoms with Gasteiger partial charge in [-0.3, -0.25) is 4.79 Å². The standard InChI is InChI=1S/C31H30ClNO6/c1-20(2)27(17-34)33-16-24(31(36)37)28(35)14-26(33)23-13-25(32)30(39-19-22-11-7-4-8-12-22)15-29(23)38-18-21-9-5-3-6-10-21/h3-16,20,27,34H,17-19H2,1-2H3,(H,36,37). The number of benzene rings is 3. The SMILES string of the molecule is CC(C)C(CO)n1cc(C(=O)O)c(=O)cc1-c1cc(Cl)c(OCc2ccccc2)cc1OCc1ccccc1. The number of aromatic nitrogens is 1. The Morgan fingerprint density at radius 3 is 1.97 bits per heavy atom. The van der Waals surface area contributed by atoms with Crippen molar-refractivity contribution in [2.45, 2.75) is 33.1 Å². The molecule has 1 heterocycles. The van der Waals surface area contributed by atoms with Crippen molar-refractivity contribution in [3.8, 4) is 22.8 Å². The second-order valence-corrected chi connectivity index (χ2v) is 9.88. The summed E-state index contributed by atoms with van der Waals surface area (Å²) >= 11 is 6.67. The van der Waals surface area contributed by atoms with Crippen LogP contribution in [-0.4, -0.2) is 27.4 Å². The van der Waals surface area contributed by atoms with Gasteiger partial charge >= 0.3 is 5.97 Å². The molecule has 0 fully saturated rings. The van der Waals surface area contributed by atoms with Crippen LogP contribution in [0.1, 0.15) is 41.4 Å². The zero-order valence-corrected chi connectivity index (χ0v) is 22.5. The first-order chi connectivity index (χ1) is 18.8. The number of carboxylic acid groups (broad SMARTS) is 1. The lowest BCUT2D eigenvalue weighted by Gasteiger charge is -2.27. The highest BCUT2D eigenvalue weighted by Gasteiger charge is 2.24. The number of pyridine rings is 1. The maximum absolute atomic E-state index is 12.8. The quantitative estimate of drug-likeness (QED) is 0.231. The van der Waals surface area contributed by atoms with E-state index in [-0.39, 0.29) is 25.7 Å². The second kappa shape index (κ2) is 12.7. The van der Waals surface area contributed by atoms with Gasteiger partial charge in [-0.2, -0.15) is 0 Å². The molecule has 7 nitrogen and oxygen atoms in total. The van der Waals surface area contributed by atoms with Crippen LogP contribution in [0.2, 0.25) is 5.02 Å². The zero-order chi connectivity index (χ0) is 27.9. The number of aliphatic hydroxyl groups excluding tert-OH is 1. The summed E-state index contributed by atoms with van der Waals surface area (Å²) in [6.45, 7) is 4.07. The van der Waals surface area contributed by atoms with E-state index in [1.54, 1.807) is 16.7 Å². The third-order valence-electron chi connectivity index (χ3n) is 6.41. The first kappa shape index (κ1) is 28.0. The molecule has 1 atom stereocenters. The molecular formula is C31H30ClNO6. The number of halogens is 1. The Balaban J connectivity index is 1.85. The predicted molar refractivity (Wildman–Crippen MR) is 151 cm³/mol. The fraction of sp³-hybridized carbons (Fsp3) is 0.226. The van der Waals surface area contributed by atoms with E-state index < -0.39 is 23.0 Å². The molecule has 1 unspecified atom stereocenters. The van der Waals surface area contributed by atoms with Crippen LogP contribution < -0.4 is 14.9 Å². The highest BCUT2D eigenvalue weighted by Crippen LogP contribution is 2.40. The van der Waals surface area contributed by atoms with Crippen LogP contribution in [0.25, 0.3) is 11.3 Å². The number of rotatable bonds is 11. The van der Waals surface area contributed by atoms with Gasteiger partial charge < -0.3 is 24.3 Å². The molecule has 2 N–H and O–H groups in total. The van der Waals surface area contributed by atoms with Gasteiger partial charge in [0.2, 0.25) is 0 Å². The van der Waals surface area contributed by atoms with E-state index in [9.17, 15) is 19.8 Å². The Labute approximate surface area is 231 Å². The number of hydrogen-bond donors (Lipinski definition) is 2. The van der Waals surface area contributed by atoms with E-state index in [1.165, 1.54) is 12.3 Å². The van der Waals surface area contributed by atoms with Gasteiger partial charge in [0, 0.05) is 23.9 Å². The minimum Gasteiger partial charge on any atom is -0.488 e. The van der Waals surface area contributed by atoms with Gasteiger partial charge in [-0.25, -0.2) is 4.79 Å². The molecule has 4 aromatic rings. The molecule has 3 aromatic carbocycles. The number of aromatic carboxylic acids is 1. The van der Waals surface area contributed by atoms with Crippen LogP contribution in [0.3, 0.4) is 0 Å². The summed E-state index contributed by atoms with van der Waals surface area (Å²) in [5.41, 5.74) is 1.68. The second-order valence-electron chi connectivity index (χ2n) is 9.47. The van der Waals surface area contributed by atoms with Gasteiger partial charge in [0.05, 0.1) is 23.4 Å². The summed E-state index contributed by atoms with van der Waals surface area (Å²) in [5, 5.41) is 20.1. The lowest BCUT2D eigenvalue weighted by Crippen LogP contribution is -2.25. The van der Waals surface area contributed by atoms with E-state index >= 15 is 0 Å². The highest BCUT2D eigenvalue weighted by atomic mass is 35.5. The van der Waals surface area contributed by atoms with Crippen molar-refractivity contribution >= 4 is 17.6 Å². The molecule has 0 saturated carbocycles. The number of nitrogens with zero attached hydrogens (tertiary/aromatic N) is 1. The predicted octanol–water partition coefficient (Wildman–Crippen LogP) is 6.21. The Hall–Kier alpha value is -4.07. The van der Waals surface area contributed by atoms with Crippen LogP contribution in [0.4, 0.5) is 0 Å². The van der Waals surface area contributed by atoms with Crippen LogP contribution in [0, 0.1) is 5.92 Å². The van der Waals surface area contributed by atoms with Crippen LogP contribution in [0.15, 0.2) is 89.9 Å². The monoisotopic (exact) mass is 547 g/mol. The van der Waals surface area contributed by atoms with E-state index in [1.807, 2.05) is 74.5 Å². The zero-order valence-electron chi connectivity index (χ0n) is 21.7. The molecule has 0 saturated heterocycles. The molecule has 4 rings (SSSR count). The lowest BCUT2D eigenvalue weighted by atomic mass is 10.0. The number of carboxylic acids is 1. The molecule has 39 heavy (non-hydrogen) atoms. The molecular weight excluding hydrogens is 518 g/mol. The first-order valence-electron chi connectivity index (χ1n) is 12.6. The van der Waals surface area contributed by atoms with Crippen molar-refractivity contribution in [3.05, 3.63) is 117 Å². The van der Waals surface area contributed by atoms with E-state index in [0.29, 0.717) is 27.8 Å². The summed E-state index contributed by atoms with van der Waals surface area (Å²) in [6.07, 6.45) is 1.27. The normalized spacial score (nSPS) is 11.8. The van der Waals surface area contributed by atoms with Gasteiger partial charge in [-0.05, 0) is 23.1 Å². The van der Waals surface area contributed by atoms with Crippen LogP contribution >= 0.6 is 11.6 Å². The Kier molecular flexibility index (Phi) is 9.07. The van der Waals surface area contributed by atoms with Crippen molar-refractivity contribution in [1.29, 1.82) is 0 Å². The Morgan fingerprint density at radius 2 is 1.46 bits per heavy atom. The van der Waals surface area contributed by atoms with Gasteiger partial charge in [0.25, 0.3) is 0 Å². The fourth-order valence-corrected chi connectivity index (χ4v) is 4.47. The molecule has 0 aliphatic carbocycles. The number of hydrogen-bond acceptors (Lipinski definition) is 5. The van der Waals surface area contributed by atoms with Crippen molar-refractivity contribution < 1.29 is 24.5 Å². The van der Waals surface area contributed by atoms with E-state index in [0.717, 1.165) is 11.1 Å². The summed E-state index contributed by atoms with van der Waals surface area (Å²) in [7, 11) is 0. The first-order valence-corrected chi connectivity index (χ1v) is 12.9. The summed E-state index contributed by atoms with van der Waals surface area (Å²) < 4.78 is 13.9. The smallest absolute Gasteiger partial charge is 0.341 e. The van der Waals surface area contributed by atoms with Gasteiger partial charge in [-0.15, -0.1) is 0 Å². The topological polar surface area (TPSA) is 98.0 Å². The molecule has 0 bridgehead atoms. The molecule has 8 heteroatoms. The number of carbonyl (C=O) groups is 1. The molecule has 202 valence electrons. The third kappa shape index (κ3) is 6.69. The molecule has 0 radical (unpaired) electrons. The maximum atomic E-state index is 12.8. The summed E-state index contributed by atoms with van der Waals surface area (Å²) in [4.78, 5) is 24.6. The van der Waals surface area contributed by atoms with Crippen molar-refractivity contribution in [1.82, 2.24) is 4.57 Å². The van der Waals surface area contributed by atoms with Gasteiger partial charge in [-0.1, -0.05) is 86.1 Å². The molecule has 0 aliphatic heterocycles. The van der Waals surface area contributed by atoms with Crippen LogP contribution in [0.5, 0.6) is 11.5 Å². The molecule has 1 aromatic heterocycles. The third-order valence-corrected chi connectivity index (χ3v) is 6.70. The number of aliphatic hydroxyl groups is 1. The van der Waals surface area contributed by atoms with Crippen LogP contribution in [-0.2, 0) is 13.2 Å². The summed E-state index contributed by atoms with van der Waals surface area (Å²) in [5.74, 6) is -0.631. The fourth-order valence-electron chi connectivity index (χ4n) is 4.26. The summed E-state index contributed by atoms with van der Waals surface area (Å²) in [6, 6.07) is 23.3. The maximum Gasteiger partial charge on any atom is 0.341 e. The van der Waals surface area contributed by atoms with E-state index in [4.69, 9.17) is 21.1 Å². The van der Waals surface area contributed by atoms with E-state index in [2.05, 4.69) is 0 Å². The molecule has 0 aliphatic rings. The largest absolute Gasteiger partial charge is 0.488 e. The number of ether oxygens (including phenoxy) is 2. The average molecular weight is 548 g/mol. The average Bonchev–Trinajstić information content (AvgIpc) is 2.93. The Bertz CT molecular complexity index is 1480. The minimum absolute atomic E-state index is 0.0736. The molecule has 0 amide bonds. The lowest BCUT2D eigenvalue weighted by molar-refractivity contribution is 0.0693. The molecule has 0 spiro atoms. The van der Waals surface area contributed by atoms with Gasteiger partial charge in [0.1, 0.15) is 30.3 Å². The van der Waals surface area contributed by atoms with Crippen molar-refractivity contribution in [2.75, 3.05) is 6.61 Å². The highest BCUT2D eigenvalue weighted by molar-refractivity contribution is 6.32. The minimum atomic E-state index is -1.34. The van der Waals surface area contributed by atoms with Crippen molar-refractivity contribution in [3.63, 3.8) is 0 Å². The Morgan fingerprint density at radius 1 is 0.897 bits per heavy atom. The van der Waals surface area contributed by atoms with Crippen molar-refractivity contribution in [2.24, 2.45) is 5.92 Å².